The second-order valence-electron chi connectivity index (χ2n) is 3.42. The second kappa shape index (κ2) is 4.10. The van der Waals surface area contributed by atoms with Crippen molar-refractivity contribution in [1.82, 2.24) is 0 Å². The Morgan fingerprint density at radius 3 is 1.43 bits per heavy atom. The Morgan fingerprint density at radius 2 is 1.21 bits per heavy atom. The lowest BCUT2D eigenvalue weighted by atomic mass is 9.95. The summed E-state index contributed by atoms with van der Waals surface area (Å²) >= 11 is 0. The predicted octanol–water partition coefficient (Wildman–Crippen LogP) is 3.92. The fourth-order valence-electron chi connectivity index (χ4n) is 1.38. The first-order chi connectivity index (χ1) is 6.90. The van der Waals surface area contributed by atoms with Crippen LogP contribution in [-0.2, 0) is 6.42 Å². The van der Waals surface area contributed by atoms with Crippen molar-refractivity contribution in [2.75, 3.05) is 0 Å². The number of fused-ring (bicyclic) bond motifs is 1. The number of benzene rings is 2. The third-order valence-corrected chi connectivity index (χ3v) is 2.47. The Hall–Kier alpha value is -1.56. The largest absolute Gasteiger partial charge is 0.0622 e. The molecule has 0 unspecified atom stereocenters. The van der Waals surface area contributed by atoms with E-state index in [9.17, 15) is 0 Å². The van der Waals surface area contributed by atoms with Crippen LogP contribution in [0.3, 0.4) is 0 Å². The molecule has 2 aliphatic carbocycles. The van der Waals surface area contributed by atoms with E-state index in [1.807, 2.05) is 6.07 Å². The van der Waals surface area contributed by atoms with E-state index in [0.29, 0.717) is 0 Å². The molecule has 0 heterocycles. The normalized spacial score (nSPS) is 10.1. The Balaban J connectivity index is 0.000000110. The molecular formula is C14H14. The molecule has 1 aromatic rings. The minimum absolute atomic E-state index is 1.14. The van der Waals surface area contributed by atoms with Gasteiger partial charge in [-0.15, -0.1) is 0 Å². The standard InChI is InChI=1S/C8H10.C6H4/c1-2-8-6-4-3-5-7-8;1-2-6-4-3-5(1)6/h3-7H,2H2,1H3;1-4H. The summed E-state index contributed by atoms with van der Waals surface area (Å²) in [7, 11) is 0. The van der Waals surface area contributed by atoms with E-state index < -0.39 is 0 Å². The maximum Gasteiger partial charge on any atom is -0.0184 e. The van der Waals surface area contributed by atoms with Crippen LogP contribution >= 0.6 is 0 Å². The van der Waals surface area contributed by atoms with Crippen LogP contribution in [0.2, 0.25) is 0 Å². The van der Waals surface area contributed by atoms with Crippen molar-refractivity contribution in [2.45, 2.75) is 13.3 Å². The van der Waals surface area contributed by atoms with Crippen molar-refractivity contribution >= 4 is 0 Å². The van der Waals surface area contributed by atoms with Gasteiger partial charge in [0.1, 0.15) is 0 Å². The van der Waals surface area contributed by atoms with Gasteiger partial charge >= 0.3 is 0 Å². The molecule has 0 saturated heterocycles. The van der Waals surface area contributed by atoms with Crippen molar-refractivity contribution in [2.24, 2.45) is 0 Å². The molecule has 0 bridgehead atoms. The molecule has 0 radical (unpaired) electrons. The van der Waals surface area contributed by atoms with Crippen molar-refractivity contribution in [3.8, 4) is 11.1 Å². The molecule has 0 fully saturated rings. The lowest BCUT2D eigenvalue weighted by Crippen LogP contribution is -1.85. The summed E-state index contributed by atoms with van der Waals surface area (Å²) in [6.07, 6.45) is 1.14. The minimum atomic E-state index is 1.14. The van der Waals surface area contributed by atoms with Crippen molar-refractivity contribution < 1.29 is 0 Å². The molecule has 0 nitrogen and oxygen atoms in total. The summed E-state index contributed by atoms with van der Waals surface area (Å²) < 4.78 is 0. The molecule has 14 heavy (non-hydrogen) atoms. The Kier molecular flexibility index (Phi) is 2.64. The lowest BCUT2D eigenvalue weighted by Gasteiger charge is -2.10. The van der Waals surface area contributed by atoms with E-state index in [2.05, 4.69) is 55.5 Å². The average molecular weight is 182 g/mol. The van der Waals surface area contributed by atoms with Crippen molar-refractivity contribution in [3.63, 3.8) is 0 Å². The monoisotopic (exact) mass is 182 g/mol. The van der Waals surface area contributed by atoms with E-state index in [-0.39, 0.29) is 0 Å². The molecule has 2 aliphatic rings. The predicted molar refractivity (Wildman–Crippen MR) is 61.3 cm³/mol. The van der Waals surface area contributed by atoms with Crippen LogP contribution in [-0.4, -0.2) is 0 Å². The summed E-state index contributed by atoms with van der Waals surface area (Å²) in [4.78, 5) is 0. The van der Waals surface area contributed by atoms with Crippen LogP contribution in [0.25, 0.3) is 11.1 Å². The Labute approximate surface area is 85.2 Å². The fourth-order valence-corrected chi connectivity index (χ4v) is 1.38. The van der Waals surface area contributed by atoms with E-state index in [1.54, 1.807) is 0 Å². The molecule has 0 N–H and O–H groups in total. The van der Waals surface area contributed by atoms with Gasteiger partial charge in [-0.2, -0.15) is 0 Å². The molecule has 0 spiro atoms. The van der Waals surface area contributed by atoms with Gasteiger partial charge in [0.15, 0.2) is 0 Å². The number of aryl methyl sites for hydroxylation is 1. The SMILES string of the molecule is CCc1ccccc1.c1cc2ccc1-2. The molecule has 0 atom stereocenters. The summed E-state index contributed by atoms with van der Waals surface area (Å²) in [5.74, 6) is 0. The molecule has 0 saturated carbocycles. The third kappa shape index (κ3) is 1.85. The average Bonchev–Trinajstić information content (AvgIpc) is 2.25. The Morgan fingerprint density at radius 1 is 0.714 bits per heavy atom. The second-order valence-corrected chi connectivity index (χ2v) is 3.42. The molecule has 0 amide bonds. The first kappa shape index (κ1) is 9.01. The summed E-state index contributed by atoms with van der Waals surface area (Å²) in [5.41, 5.74) is 4.26. The molecule has 0 aliphatic heterocycles. The third-order valence-electron chi connectivity index (χ3n) is 2.47. The van der Waals surface area contributed by atoms with Crippen LogP contribution in [0.1, 0.15) is 12.5 Å². The van der Waals surface area contributed by atoms with Crippen LogP contribution < -0.4 is 0 Å². The van der Waals surface area contributed by atoms with E-state index in [1.165, 1.54) is 16.7 Å². The molecule has 0 aromatic heterocycles. The van der Waals surface area contributed by atoms with E-state index >= 15 is 0 Å². The topological polar surface area (TPSA) is 0 Å². The first-order valence-corrected chi connectivity index (χ1v) is 5.04. The summed E-state index contributed by atoms with van der Waals surface area (Å²) in [6, 6.07) is 18.9. The zero-order valence-corrected chi connectivity index (χ0v) is 8.40. The van der Waals surface area contributed by atoms with Gasteiger partial charge in [0.05, 0.1) is 0 Å². The minimum Gasteiger partial charge on any atom is -0.0622 e. The van der Waals surface area contributed by atoms with Crippen LogP contribution in [0.15, 0.2) is 54.6 Å². The number of hydrogen-bond acceptors (Lipinski definition) is 0. The maximum atomic E-state index is 2.16. The zero-order chi connectivity index (χ0) is 9.80. The summed E-state index contributed by atoms with van der Waals surface area (Å²) in [6.45, 7) is 2.16. The smallest absolute Gasteiger partial charge is 0.0184 e. The number of hydrogen-bond donors (Lipinski definition) is 0. The van der Waals surface area contributed by atoms with Gasteiger partial charge in [-0.05, 0) is 23.1 Å². The molecular weight excluding hydrogens is 168 g/mol. The molecule has 70 valence electrons. The van der Waals surface area contributed by atoms with E-state index in [0.717, 1.165) is 6.42 Å². The Bertz CT molecular complexity index is 363. The molecule has 3 rings (SSSR count). The highest BCUT2D eigenvalue weighted by Gasteiger charge is 2.03. The van der Waals surface area contributed by atoms with Crippen LogP contribution in [0, 0.1) is 0 Å². The van der Waals surface area contributed by atoms with Gasteiger partial charge in [-0.1, -0.05) is 61.5 Å². The van der Waals surface area contributed by atoms with Gasteiger partial charge < -0.3 is 0 Å². The highest BCUT2D eigenvalue weighted by molar-refractivity contribution is 5.75. The van der Waals surface area contributed by atoms with Crippen molar-refractivity contribution in [1.29, 1.82) is 0 Å². The summed E-state index contributed by atoms with van der Waals surface area (Å²) in [5, 5.41) is 0. The first-order valence-electron chi connectivity index (χ1n) is 5.04. The van der Waals surface area contributed by atoms with Crippen LogP contribution in [0.4, 0.5) is 0 Å². The van der Waals surface area contributed by atoms with Gasteiger partial charge in [0.25, 0.3) is 0 Å². The van der Waals surface area contributed by atoms with Gasteiger partial charge in [-0.25, -0.2) is 0 Å². The number of rotatable bonds is 1. The van der Waals surface area contributed by atoms with Gasteiger partial charge in [-0.3, -0.25) is 0 Å². The fraction of sp³-hybridized carbons (Fsp3) is 0.143. The molecule has 0 heteroatoms. The van der Waals surface area contributed by atoms with Gasteiger partial charge in [0, 0.05) is 0 Å². The quantitative estimate of drug-likeness (QED) is 0.535. The maximum absolute atomic E-state index is 2.16. The highest BCUT2D eigenvalue weighted by Crippen LogP contribution is 2.29. The highest BCUT2D eigenvalue weighted by atomic mass is 14.1. The van der Waals surface area contributed by atoms with Crippen LogP contribution in [0.5, 0.6) is 0 Å². The zero-order valence-electron chi connectivity index (χ0n) is 8.40. The van der Waals surface area contributed by atoms with E-state index in [4.69, 9.17) is 0 Å². The van der Waals surface area contributed by atoms with Crippen molar-refractivity contribution in [3.05, 3.63) is 60.2 Å². The lowest BCUT2D eigenvalue weighted by molar-refractivity contribution is 1.14. The van der Waals surface area contributed by atoms with Gasteiger partial charge in [0.2, 0.25) is 0 Å². The molecule has 1 aromatic carbocycles.